The third-order valence-electron chi connectivity index (χ3n) is 26.6. The molecule has 0 aromatic rings. The van der Waals surface area contributed by atoms with Gasteiger partial charge < -0.3 is 36.1 Å². The first-order valence-corrected chi connectivity index (χ1v) is 64.4. The highest BCUT2D eigenvalue weighted by molar-refractivity contribution is 7.97. The molecule has 0 aliphatic carbocycles. The van der Waals surface area contributed by atoms with E-state index >= 15 is 0 Å². The Balaban J connectivity index is -0.000000128. The van der Waals surface area contributed by atoms with E-state index in [2.05, 4.69) is 303 Å². The normalized spacial score (nSPS) is 11.6. The van der Waals surface area contributed by atoms with Crippen LogP contribution in [-0.4, -0.2) is 303 Å². The molecule has 0 spiro atoms. The average molecular weight is 1950 g/mol. The summed E-state index contributed by atoms with van der Waals surface area (Å²) in [6.45, 7) is 66.5. The molecule has 0 fully saturated rings. The van der Waals surface area contributed by atoms with E-state index in [1.54, 1.807) is 7.11 Å². The summed E-state index contributed by atoms with van der Waals surface area (Å²) in [5.74, 6) is 8.21. The van der Waals surface area contributed by atoms with Crippen molar-refractivity contribution >= 4 is 35.0 Å². The first-order chi connectivity index (χ1) is 62.0. The maximum Gasteiger partial charge on any atom is 0.336 e. The maximum absolute atomic E-state index is 5.03. The summed E-state index contributed by atoms with van der Waals surface area (Å²) >= 11 is 0. The number of guanidine groups is 1. The van der Waals surface area contributed by atoms with Gasteiger partial charge >= 0.3 is 5.96 Å². The van der Waals surface area contributed by atoms with Crippen molar-refractivity contribution in [2.45, 2.75) is 500 Å². The molecule has 0 bridgehead atoms. The number of nitrogens with zero attached hydrogens (tertiary/aromatic N) is 7. The smallest absolute Gasteiger partial charge is 0.336 e. The highest BCUT2D eigenvalue weighted by Gasteiger charge is 2.30. The molecule has 0 aromatic carbocycles. The first-order valence-electron chi connectivity index (χ1n) is 58.4. The van der Waals surface area contributed by atoms with Gasteiger partial charge in [-0.1, -0.05) is 320 Å². The minimum Gasteiger partial charge on any atom is -0.379 e. The third-order valence-corrected chi connectivity index (χ3v) is 36.9. The largest absolute Gasteiger partial charge is 0.379 e. The van der Waals surface area contributed by atoms with Gasteiger partial charge in [0.05, 0.1) is 217 Å². The lowest BCUT2D eigenvalue weighted by Gasteiger charge is -2.35. The monoisotopic (exact) mass is 1950 g/mol. The fraction of sp³-hybridized carbons (Fsp3) is 0.992. The summed E-state index contributed by atoms with van der Waals surface area (Å²) in [7, 11) is 42.8. The highest BCUT2D eigenvalue weighted by Crippen LogP contribution is 2.57. The van der Waals surface area contributed by atoms with Crippen molar-refractivity contribution in [3.8, 4) is 0 Å². The maximum atomic E-state index is 5.03. The SMILES string of the molecule is CCCCCCCCCCCCCCC(CCCCCC)(CCCCCC)CCCCCC.CCCCCCCC[N+](C)(CCCCCCCC)CCCCCCCC.CCCCCC[N+](C)(C)C.CCCC[N+](C)(C)C.CCC[N+](C)(C)C.CC[N+](C)(C)C.CC[N+](C)(CC)CCOC.CC[P+](CC)(CC)CC.CC[S+](CC)CC.CC[S+](CC)CC.C[N+](C)(C)C.NC(N)=[NH2+]. The molecule has 0 rings (SSSR count). The van der Waals surface area contributed by atoms with E-state index in [4.69, 9.17) is 4.74 Å². The molecular weight excluding hydrogens is 1670 g/mol. The Hall–Kier alpha value is 0.0800. The first kappa shape index (κ1) is 157. The Morgan fingerprint density at radius 1 is 0.235 bits per heavy atom. The highest BCUT2D eigenvalue weighted by atomic mass is 32.2. The minimum atomic E-state index is -0.420. The van der Waals surface area contributed by atoms with Crippen LogP contribution in [0, 0.1) is 5.41 Å². The number of methoxy groups -OCH3 is 1. The molecule has 0 unspecified atom stereocenters. The van der Waals surface area contributed by atoms with Gasteiger partial charge in [0.1, 0.15) is 41.1 Å². The summed E-state index contributed by atoms with van der Waals surface area (Å²) in [5, 5.41) is 4.58. The van der Waals surface area contributed by atoms with E-state index in [0.29, 0.717) is 5.41 Å². The molecule has 0 atom stereocenters. The Kier molecular flexibility index (Phi) is 139. The summed E-state index contributed by atoms with van der Waals surface area (Å²) in [5.41, 5.74) is 9.85. The van der Waals surface area contributed by atoms with Crippen molar-refractivity contribution in [1.82, 2.24) is 0 Å². The fourth-order valence-corrected chi connectivity index (χ4v) is 20.9. The lowest BCUT2D eigenvalue weighted by atomic mass is 9.70. The van der Waals surface area contributed by atoms with Crippen molar-refractivity contribution in [1.29, 1.82) is 0 Å². The van der Waals surface area contributed by atoms with Gasteiger partial charge in [0, 0.05) is 14.4 Å². The molecule has 6 N–H and O–H groups in total. The van der Waals surface area contributed by atoms with Crippen LogP contribution in [0.25, 0.3) is 0 Å². The minimum absolute atomic E-state index is 0.0833. The van der Waals surface area contributed by atoms with Crippen molar-refractivity contribution in [3.05, 3.63) is 0 Å². The van der Waals surface area contributed by atoms with E-state index in [1.165, 1.54) is 463 Å². The molecule has 0 aromatic heterocycles. The molecule has 0 heterocycles. The van der Waals surface area contributed by atoms with Gasteiger partial charge in [0.2, 0.25) is 0 Å². The molecule has 132 heavy (non-hydrogen) atoms. The van der Waals surface area contributed by atoms with Crippen molar-refractivity contribution in [2.24, 2.45) is 16.9 Å². The van der Waals surface area contributed by atoms with Gasteiger partial charge in [0.15, 0.2) is 0 Å². The van der Waals surface area contributed by atoms with Crippen LogP contribution in [0.4, 0.5) is 0 Å². The lowest BCUT2D eigenvalue weighted by molar-refractivity contribution is -0.910. The van der Waals surface area contributed by atoms with Crippen LogP contribution >= 0.6 is 7.26 Å². The summed E-state index contributed by atoms with van der Waals surface area (Å²) in [6.07, 6.45) is 82.3. The zero-order valence-corrected chi connectivity index (χ0v) is 104. The summed E-state index contributed by atoms with van der Waals surface area (Å²) < 4.78 is 12.9. The average Bonchev–Trinajstić information content (AvgIpc) is 0.867. The van der Waals surface area contributed by atoms with Crippen LogP contribution < -0.4 is 16.9 Å². The number of quaternary nitrogens is 7. The van der Waals surface area contributed by atoms with E-state index in [9.17, 15) is 0 Å². The Bertz CT molecular complexity index is 1900. The van der Waals surface area contributed by atoms with Crippen LogP contribution in [-0.2, 0) is 26.5 Å². The standard InChI is InChI=1S/C33H68.C25H54N.C9H22N.C8H20NO.C8H20P.C7H18N.C6H16N.2C6H15S.C5H14N.C4H12N.CH5N3/c1-5-9-13-17-18-19-20-21-22-23-24-28-32-33(29-25-14-10-6-2,30-26-15-11-7-3)31-27-16-12-8-4;1-5-8-11-14-17-20-23-26(4,24-21-18-15-12-9-6-2)25-22-19-16-13-10-7-3;1-5-6-7-8-9-10(2,3)4;1-5-9(3,6-2)7-8-10-4;1-5-9(6-2,7-3)8-4;1-5-6-7-8(2,3)4;1-5-6-7(2,3)4;2*1-4-7(5-2)6-3;1-5-6(2,3)4;1-5(2,3)4;2-1(3)4/h5-32H2,1-4H3;5-25H2,1-4H3;5-9H2,1-4H3;5-8H2,1-4H3;5-8H2,1-4H3;5-7H2,1-4H3;5-6H2,1-4H3;2*4-6H2,1-3H3;5H2,1-4H3;1-4H3;(H5,2,3,4)/q;10*+1;/p+1. The number of unbranched alkanes of at least 4 members (excludes halogenated alkanes) is 39. The second-order valence-electron chi connectivity index (χ2n) is 45.4. The summed E-state index contributed by atoms with van der Waals surface area (Å²) in [4.78, 5) is 0. The van der Waals surface area contributed by atoms with Crippen LogP contribution in [0.15, 0.2) is 0 Å². The van der Waals surface area contributed by atoms with Crippen molar-refractivity contribution < 1.29 is 41.5 Å². The van der Waals surface area contributed by atoms with Crippen molar-refractivity contribution in [2.75, 3.05) is 265 Å². The number of hydrogen-bond acceptors (Lipinski definition) is 1. The predicted molar refractivity (Wildman–Crippen MR) is 632 cm³/mol. The molecule has 0 radical (unpaired) electrons. The van der Waals surface area contributed by atoms with E-state index in [-0.39, 0.29) is 5.96 Å². The van der Waals surface area contributed by atoms with Crippen molar-refractivity contribution in [3.63, 3.8) is 0 Å². The second kappa shape index (κ2) is 116. The molecule has 14 heteroatoms. The molecule has 11 nitrogen and oxygen atoms in total. The third kappa shape index (κ3) is 158. The Labute approximate surface area is 852 Å². The molecule has 814 valence electrons. The Morgan fingerprint density at radius 3 is 0.561 bits per heavy atom. The molecule has 0 aliphatic heterocycles. The predicted octanol–water partition coefficient (Wildman–Crippen LogP) is 31.9. The zero-order valence-electron chi connectivity index (χ0n) is 102. The van der Waals surface area contributed by atoms with Crippen LogP contribution in [0.1, 0.15) is 500 Å². The second-order valence-corrected chi connectivity index (χ2v) is 56.6. The zero-order chi connectivity index (χ0) is 104. The van der Waals surface area contributed by atoms with Crippen LogP contribution in [0.3, 0.4) is 0 Å². The summed E-state index contributed by atoms with van der Waals surface area (Å²) in [6, 6.07) is 0. The number of rotatable bonds is 75. The van der Waals surface area contributed by atoms with E-state index in [0.717, 1.165) is 61.8 Å². The number of likely N-dealkylation sites (N-methyl/N-ethyl adjacent to an activating group) is 1. The topological polar surface area (TPSA) is 86.9 Å². The number of ether oxygens (including phenoxy) is 1. The lowest BCUT2D eigenvalue weighted by Crippen LogP contribution is -2.51. The number of hydrogen-bond donors (Lipinski definition) is 3. The van der Waals surface area contributed by atoms with Gasteiger partial charge in [-0.25, -0.2) is 0 Å². The van der Waals surface area contributed by atoms with Gasteiger partial charge in [-0.3, -0.25) is 16.9 Å². The van der Waals surface area contributed by atoms with Crippen LogP contribution in [0.5, 0.6) is 0 Å². The molecule has 0 saturated heterocycles. The molecule has 0 saturated carbocycles. The van der Waals surface area contributed by atoms with Gasteiger partial charge in [-0.15, -0.1) is 0 Å². The van der Waals surface area contributed by atoms with E-state index < -0.39 is 7.26 Å². The Morgan fingerprint density at radius 2 is 0.417 bits per heavy atom. The van der Waals surface area contributed by atoms with Gasteiger partial charge in [0.25, 0.3) is 0 Å². The molecule has 0 aliphatic rings. The van der Waals surface area contributed by atoms with Gasteiger partial charge in [-0.05, 0) is 207 Å². The number of nitrogens with two attached hydrogens (primary N) is 3. The molecular formula is C118H280N10OPS2+11. The van der Waals surface area contributed by atoms with E-state index in [1.807, 2.05) is 0 Å². The quantitative estimate of drug-likeness (QED) is 0.0142. The fourth-order valence-electron chi connectivity index (χ4n) is 15.8. The van der Waals surface area contributed by atoms with Crippen LogP contribution in [0.2, 0.25) is 0 Å². The van der Waals surface area contributed by atoms with Gasteiger partial charge in [-0.2, -0.15) is 0 Å². The molecule has 0 amide bonds.